The minimum absolute atomic E-state index is 0.300. The van der Waals surface area contributed by atoms with Gasteiger partial charge in [-0.25, -0.2) is 9.78 Å². The zero-order valence-electron chi connectivity index (χ0n) is 12.0. The van der Waals surface area contributed by atoms with E-state index < -0.39 is 5.97 Å². The van der Waals surface area contributed by atoms with E-state index in [4.69, 9.17) is 16.3 Å². The molecule has 6 nitrogen and oxygen atoms in total. The van der Waals surface area contributed by atoms with E-state index in [9.17, 15) is 4.79 Å². The lowest BCUT2D eigenvalue weighted by molar-refractivity contribution is 0.0520. The maximum absolute atomic E-state index is 11.7. The minimum Gasteiger partial charge on any atom is -0.461 e. The first-order valence-corrected chi connectivity index (χ1v) is 7.72. The van der Waals surface area contributed by atoms with Crippen LogP contribution in [0.25, 0.3) is 0 Å². The standard InChI is InChI=1S/C13H15ClN4O2S/c1-4-18(10-6-8(3)11(14)17-16-10)13-15-9(7-21-13)12(19)20-5-2/h6-7H,4-5H2,1-3H3. The highest BCUT2D eigenvalue weighted by atomic mass is 35.5. The highest BCUT2D eigenvalue weighted by molar-refractivity contribution is 7.14. The van der Waals surface area contributed by atoms with Gasteiger partial charge < -0.3 is 9.64 Å². The van der Waals surface area contributed by atoms with Crippen LogP contribution in [0.5, 0.6) is 0 Å². The molecule has 0 aliphatic carbocycles. The van der Waals surface area contributed by atoms with Crippen molar-refractivity contribution in [3.8, 4) is 0 Å². The number of hydrogen-bond acceptors (Lipinski definition) is 7. The molecule has 2 aromatic heterocycles. The van der Waals surface area contributed by atoms with E-state index in [1.807, 2.05) is 24.8 Å². The lowest BCUT2D eigenvalue weighted by Crippen LogP contribution is -2.18. The van der Waals surface area contributed by atoms with Gasteiger partial charge >= 0.3 is 5.97 Å². The van der Waals surface area contributed by atoms with Gasteiger partial charge in [-0.2, -0.15) is 0 Å². The van der Waals surface area contributed by atoms with Crippen molar-refractivity contribution in [1.82, 2.24) is 15.2 Å². The van der Waals surface area contributed by atoms with Crippen LogP contribution in [0.2, 0.25) is 5.15 Å². The van der Waals surface area contributed by atoms with Crippen molar-refractivity contribution in [2.45, 2.75) is 20.8 Å². The first kappa shape index (κ1) is 15.7. The average molecular weight is 327 g/mol. The number of thiazole rings is 1. The van der Waals surface area contributed by atoms with Crippen LogP contribution in [0.3, 0.4) is 0 Å². The van der Waals surface area contributed by atoms with Gasteiger partial charge in [-0.1, -0.05) is 11.6 Å². The average Bonchev–Trinajstić information content (AvgIpc) is 2.93. The van der Waals surface area contributed by atoms with Crippen LogP contribution in [-0.4, -0.2) is 34.3 Å². The summed E-state index contributed by atoms with van der Waals surface area (Å²) in [7, 11) is 0. The summed E-state index contributed by atoms with van der Waals surface area (Å²) in [4.78, 5) is 17.8. The molecule has 2 rings (SSSR count). The number of ether oxygens (including phenoxy) is 1. The topological polar surface area (TPSA) is 68.2 Å². The van der Waals surface area contributed by atoms with Gasteiger partial charge in [-0.3, -0.25) is 0 Å². The third kappa shape index (κ3) is 3.48. The van der Waals surface area contributed by atoms with E-state index in [0.717, 1.165) is 5.56 Å². The van der Waals surface area contributed by atoms with Gasteiger partial charge in [-0.05, 0) is 32.4 Å². The molecule has 0 aromatic carbocycles. The highest BCUT2D eigenvalue weighted by Crippen LogP contribution is 2.28. The van der Waals surface area contributed by atoms with Crippen molar-refractivity contribution in [3.63, 3.8) is 0 Å². The summed E-state index contributed by atoms with van der Waals surface area (Å²) >= 11 is 7.24. The summed E-state index contributed by atoms with van der Waals surface area (Å²) in [6, 6.07) is 1.84. The predicted molar refractivity (Wildman–Crippen MR) is 82.5 cm³/mol. The molecule has 0 aliphatic heterocycles. The molecule has 0 saturated carbocycles. The summed E-state index contributed by atoms with van der Waals surface area (Å²) in [6.07, 6.45) is 0. The summed E-state index contributed by atoms with van der Waals surface area (Å²) in [5.41, 5.74) is 1.14. The highest BCUT2D eigenvalue weighted by Gasteiger charge is 2.18. The first-order chi connectivity index (χ1) is 10.1. The van der Waals surface area contributed by atoms with Crippen LogP contribution < -0.4 is 4.90 Å². The van der Waals surface area contributed by atoms with E-state index in [-0.39, 0.29) is 0 Å². The Morgan fingerprint density at radius 2 is 2.19 bits per heavy atom. The van der Waals surface area contributed by atoms with Crippen molar-refractivity contribution in [1.29, 1.82) is 0 Å². The fourth-order valence-corrected chi connectivity index (χ4v) is 2.63. The van der Waals surface area contributed by atoms with Gasteiger partial charge in [0.05, 0.1) is 6.61 Å². The van der Waals surface area contributed by atoms with E-state index in [1.54, 1.807) is 12.3 Å². The fraction of sp³-hybridized carbons (Fsp3) is 0.385. The Hall–Kier alpha value is -1.73. The molecule has 112 valence electrons. The molecule has 0 N–H and O–H groups in total. The Bertz CT molecular complexity index is 647. The molecule has 0 unspecified atom stereocenters. The molecule has 0 atom stereocenters. The normalized spacial score (nSPS) is 10.5. The van der Waals surface area contributed by atoms with Crippen molar-refractivity contribution in [2.75, 3.05) is 18.1 Å². The maximum Gasteiger partial charge on any atom is 0.357 e. The van der Waals surface area contributed by atoms with Crippen molar-refractivity contribution < 1.29 is 9.53 Å². The zero-order chi connectivity index (χ0) is 15.4. The van der Waals surface area contributed by atoms with E-state index >= 15 is 0 Å². The second-order valence-corrected chi connectivity index (χ2v) is 5.35. The SMILES string of the molecule is CCOC(=O)c1csc(N(CC)c2cc(C)c(Cl)nn2)n1. The molecular formula is C13H15ClN4O2S. The van der Waals surface area contributed by atoms with Crippen LogP contribution in [0.15, 0.2) is 11.4 Å². The van der Waals surface area contributed by atoms with E-state index in [0.29, 0.717) is 34.9 Å². The molecule has 0 saturated heterocycles. The monoisotopic (exact) mass is 326 g/mol. The van der Waals surface area contributed by atoms with Gasteiger partial charge in [0.15, 0.2) is 21.8 Å². The molecule has 2 heterocycles. The molecule has 0 aliphatic rings. The smallest absolute Gasteiger partial charge is 0.357 e. The van der Waals surface area contributed by atoms with Gasteiger partial charge in [0.1, 0.15) is 0 Å². The van der Waals surface area contributed by atoms with Crippen LogP contribution >= 0.6 is 22.9 Å². The second-order valence-electron chi connectivity index (χ2n) is 4.16. The van der Waals surface area contributed by atoms with Crippen LogP contribution in [0.4, 0.5) is 10.9 Å². The molecule has 8 heteroatoms. The van der Waals surface area contributed by atoms with Gasteiger partial charge in [0.25, 0.3) is 0 Å². The number of hydrogen-bond donors (Lipinski definition) is 0. The fourth-order valence-electron chi connectivity index (χ4n) is 1.67. The molecule has 0 radical (unpaired) electrons. The molecule has 0 amide bonds. The number of anilines is 2. The summed E-state index contributed by atoms with van der Waals surface area (Å²) in [6.45, 7) is 6.56. The molecule has 0 spiro atoms. The Morgan fingerprint density at radius 3 is 2.81 bits per heavy atom. The lowest BCUT2D eigenvalue weighted by atomic mass is 10.3. The number of carbonyl (C=O) groups excluding carboxylic acids is 1. The number of nitrogens with zero attached hydrogens (tertiary/aromatic N) is 4. The number of carbonyl (C=O) groups is 1. The Balaban J connectivity index is 2.29. The molecule has 0 bridgehead atoms. The summed E-state index contributed by atoms with van der Waals surface area (Å²) < 4.78 is 4.94. The van der Waals surface area contributed by atoms with E-state index in [1.165, 1.54) is 11.3 Å². The second kappa shape index (κ2) is 6.82. The first-order valence-electron chi connectivity index (χ1n) is 6.46. The number of halogens is 1. The number of rotatable bonds is 5. The predicted octanol–water partition coefficient (Wildman–Crippen LogP) is 3.23. The molecule has 21 heavy (non-hydrogen) atoms. The molecule has 0 fully saturated rings. The van der Waals surface area contributed by atoms with Crippen molar-refractivity contribution in [3.05, 3.63) is 27.9 Å². The lowest BCUT2D eigenvalue weighted by Gasteiger charge is -2.18. The Morgan fingerprint density at radius 1 is 1.43 bits per heavy atom. The number of esters is 1. The Labute approximate surface area is 131 Å². The van der Waals surface area contributed by atoms with Gasteiger partial charge in [0, 0.05) is 11.9 Å². The van der Waals surface area contributed by atoms with Crippen LogP contribution in [-0.2, 0) is 4.74 Å². The minimum atomic E-state index is -0.422. The number of aromatic nitrogens is 3. The zero-order valence-corrected chi connectivity index (χ0v) is 13.5. The van der Waals surface area contributed by atoms with Gasteiger partial charge in [0.2, 0.25) is 0 Å². The van der Waals surface area contributed by atoms with Crippen molar-refractivity contribution in [2.24, 2.45) is 0 Å². The maximum atomic E-state index is 11.7. The number of aryl methyl sites for hydroxylation is 1. The summed E-state index contributed by atoms with van der Waals surface area (Å²) in [5.74, 6) is 0.221. The third-order valence-corrected chi connectivity index (χ3v) is 3.95. The largest absolute Gasteiger partial charge is 0.461 e. The van der Waals surface area contributed by atoms with Gasteiger partial charge in [-0.15, -0.1) is 21.5 Å². The van der Waals surface area contributed by atoms with E-state index in [2.05, 4.69) is 15.2 Å². The van der Waals surface area contributed by atoms with Crippen LogP contribution in [0.1, 0.15) is 29.9 Å². The quantitative estimate of drug-likeness (QED) is 0.786. The summed E-state index contributed by atoms with van der Waals surface area (Å²) in [5, 5.41) is 10.7. The third-order valence-electron chi connectivity index (χ3n) is 2.71. The molecule has 2 aromatic rings. The van der Waals surface area contributed by atoms with Crippen LogP contribution in [0, 0.1) is 6.92 Å². The molecular weight excluding hydrogens is 312 g/mol. The van der Waals surface area contributed by atoms with Crippen molar-refractivity contribution >= 4 is 39.9 Å². The Kier molecular flexibility index (Phi) is 5.08.